The van der Waals surface area contributed by atoms with Gasteiger partial charge in [0.15, 0.2) is 0 Å². The molecule has 6 nitrogen and oxygen atoms in total. The summed E-state index contributed by atoms with van der Waals surface area (Å²) >= 11 is 0. The van der Waals surface area contributed by atoms with Gasteiger partial charge >= 0.3 is 0 Å². The van der Waals surface area contributed by atoms with Gasteiger partial charge < -0.3 is 9.69 Å². The van der Waals surface area contributed by atoms with E-state index < -0.39 is 0 Å². The Morgan fingerprint density at radius 3 is 2.54 bits per heavy atom. The second-order valence-corrected chi connectivity index (χ2v) is 8.29. The van der Waals surface area contributed by atoms with Gasteiger partial charge in [0.1, 0.15) is 6.29 Å². The lowest BCUT2D eigenvalue weighted by Crippen LogP contribution is -2.41. The molecule has 6 heteroatoms. The maximum Gasteiger partial charge on any atom is 0.234 e. The van der Waals surface area contributed by atoms with Gasteiger partial charge in [0.25, 0.3) is 0 Å². The maximum absolute atomic E-state index is 12.9. The van der Waals surface area contributed by atoms with Crippen LogP contribution >= 0.6 is 0 Å². The van der Waals surface area contributed by atoms with Crippen molar-refractivity contribution in [2.75, 3.05) is 6.54 Å². The van der Waals surface area contributed by atoms with E-state index >= 15 is 0 Å². The van der Waals surface area contributed by atoms with Gasteiger partial charge in [0.05, 0.1) is 5.92 Å². The lowest BCUT2D eigenvalue weighted by atomic mass is 9.81. The number of hydrogen-bond donors (Lipinski definition) is 1. The van der Waals surface area contributed by atoms with Crippen molar-refractivity contribution in [3.8, 4) is 0 Å². The van der Waals surface area contributed by atoms with E-state index in [1.807, 2.05) is 17.0 Å². The minimum atomic E-state index is -0.268. The number of hydrogen-bond acceptors (Lipinski definition) is 4. The Morgan fingerprint density at radius 2 is 1.82 bits per heavy atom. The zero-order valence-corrected chi connectivity index (χ0v) is 16.0. The van der Waals surface area contributed by atoms with E-state index in [1.54, 1.807) is 0 Å². The molecular formula is C22H26N2O4. The summed E-state index contributed by atoms with van der Waals surface area (Å²) in [6.45, 7) is 1.30. The number of benzene rings is 1. The maximum atomic E-state index is 12.9. The van der Waals surface area contributed by atoms with Crippen LogP contribution in [-0.4, -0.2) is 35.5 Å². The number of carbonyl (C=O) groups excluding carboxylic acids is 4. The van der Waals surface area contributed by atoms with Crippen molar-refractivity contribution < 1.29 is 19.2 Å². The molecule has 1 aliphatic carbocycles. The van der Waals surface area contributed by atoms with Crippen LogP contribution in [0.3, 0.4) is 0 Å². The first-order valence-electron chi connectivity index (χ1n) is 10.2. The van der Waals surface area contributed by atoms with Gasteiger partial charge in [0.2, 0.25) is 17.7 Å². The van der Waals surface area contributed by atoms with Crippen LogP contribution in [0.1, 0.15) is 61.1 Å². The number of nitrogens with one attached hydrogen (secondary N) is 1. The standard InChI is InChI=1S/C22H26N2O4/c25-13-14-1-3-15(4-2-14)22(28)24-10-9-16-11-17(5-6-18(16)12-24)19-7-8-20(26)23-21(19)27/h5-6,11,13-15,19H,1-4,7-10,12H2,(H,23,26,27). The molecule has 1 saturated carbocycles. The van der Waals surface area contributed by atoms with Crippen LogP contribution in [0.2, 0.25) is 0 Å². The molecule has 1 atom stereocenters. The van der Waals surface area contributed by atoms with Crippen molar-refractivity contribution in [2.24, 2.45) is 11.8 Å². The van der Waals surface area contributed by atoms with E-state index in [0.717, 1.165) is 49.5 Å². The third-order valence-electron chi connectivity index (χ3n) is 6.51. The Labute approximate surface area is 164 Å². The van der Waals surface area contributed by atoms with Crippen LogP contribution in [-0.2, 0) is 32.1 Å². The van der Waals surface area contributed by atoms with Gasteiger partial charge in [-0.2, -0.15) is 0 Å². The number of rotatable bonds is 3. The van der Waals surface area contributed by atoms with E-state index in [9.17, 15) is 19.2 Å². The third-order valence-corrected chi connectivity index (χ3v) is 6.51. The fourth-order valence-corrected chi connectivity index (χ4v) is 4.75. The Bertz CT molecular complexity index is 811. The van der Waals surface area contributed by atoms with Crippen molar-refractivity contribution in [1.29, 1.82) is 0 Å². The number of fused-ring (bicyclic) bond motifs is 1. The normalized spacial score (nSPS) is 27.7. The first kappa shape index (κ1) is 18.8. The molecule has 1 saturated heterocycles. The monoisotopic (exact) mass is 382 g/mol. The van der Waals surface area contributed by atoms with Crippen molar-refractivity contribution in [2.45, 2.75) is 57.4 Å². The molecule has 0 aromatic heterocycles. The Balaban J connectivity index is 1.42. The number of imide groups is 1. The third kappa shape index (κ3) is 3.73. The number of amides is 3. The molecule has 28 heavy (non-hydrogen) atoms. The highest BCUT2D eigenvalue weighted by Gasteiger charge is 2.32. The summed E-state index contributed by atoms with van der Waals surface area (Å²) in [6, 6.07) is 6.06. The lowest BCUT2D eigenvalue weighted by Gasteiger charge is -2.34. The highest BCUT2D eigenvalue weighted by atomic mass is 16.2. The van der Waals surface area contributed by atoms with Crippen molar-refractivity contribution in [1.82, 2.24) is 10.2 Å². The van der Waals surface area contributed by atoms with Crippen LogP contribution in [0.5, 0.6) is 0 Å². The van der Waals surface area contributed by atoms with Gasteiger partial charge in [-0.05, 0) is 55.2 Å². The van der Waals surface area contributed by atoms with Crippen molar-refractivity contribution in [3.63, 3.8) is 0 Å². The van der Waals surface area contributed by atoms with Crippen LogP contribution in [0.4, 0.5) is 0 Å². The topological polar surface area (TPSA) is 83.6 Å². The zero-order valence-electron chi connectivity index (χ0n) is 16.0. The summed E-state index contributed by atoms with van der Waals surface area (Å²) in [5.41, 5.74) is 3.28. The minimum absolute atomic E-state index is 0.0421. The Morgan fingerprint density at radius 1 is 1.04 bits per heavy atom. The summed E-state index contributed by atoms with van der Waals surface area (Å²) in [7, 11) is 0. The lowest BCUT2D eigenvalue weighted by molar-refractivity contribution is -0.138. The van der Waals surface area contributed by atoms with Crippen LogP contribution in [0.25, 0.3) is 0 Å². The molecule has 0 spiro atoms. The average Bonchev–Trinajstić information content (AvgIpc) is 2.72. The molecule has 1 unspecified atom stereocenters. The Kier molecular flexibility index (Phi) is 5.29. The molecule has 0 bridgehead atoms. The molecule has 1 aromatic carbocycles. The molecule has 1 N–H and O–H groups in total. The highest BCUT2D eigenvalue weighted by Crippen LogP contribution is 2.32. The fourth-order valence-electron chi connectivity index (χ4n) is 4.75. The predicted molar refractivity (Wildman–Crippen MR) is 102 cm³/mol. The summed E-state index contributed by atoms with van der Waals surface area (Å²) in [6.07, 6.45) is 5.99. The number of aldehydes is 1. The van der Waals surface area contributed by atoms with E-state index in [4.69, 9.17) is 0 Å². The van der Waals surface area contributed by atoms with Gasteiger partial charge in [-0.3, -0.25) is 19.7 Å². The first-order valence-corrected chi connectivity index (χ1v) is 10.2. The largest absolute Gasteiger partial charge is 0.338 e. The molecule has 3 amide bonds. The van der Waals surface area contributed by atoms with E-state index in [1.165, 1.54) is 5.56 Å². The Hall–Kier alpha value is -2.50. The summed E-state index contributed by atoms with van der Waals surface area (Å²) < 4.78 is 0. The fraction of sp³-hybridized carbons (Fsp3) is 0.545. The van der Waals surface area contributed by atoms with Crippen LogP contribution in [0.15, 0.2) is 18.2 Å². The number of nitrogens with zero attached hydrogens (tertiary/aromatic N) is 1. The molecule has 0 radical (unpaired) electrons. The summed E-state index contributed by atoms with van der Waals surface area (Å²) in [5.74, 6) is -0.303. The van der Waals surface area contributed by atoms with Crippen molar-refractivity contribution in [3.05, 3.63) is 34.9 Å². The molecule has 2 heterocycles. The highest BCUT2D eigenvalue weighted by molar-refractivity contribution is 6.00. The van der Waals surface area contributed by atoms with Crippen LogP contribution in [0, 0.1) is 11.8 Å². The van der Waals surface area contributed by atoms with Gasteiger partial charge in [-0.25, -0.2) is 0 Å². The zero-order chi connectivity index (χ0) is 19.7. The molecule has 3 aliphatic rings. The van der Waals surface area contributed by atoms with Crippen LogP contribution < -0.4 is 5.32 Å². The quantitative estimate of drug-likeness (QED) is 0.641. The average molecular weight is 382 g/mol. The smallest absolute Gasteiger partial charge is 0.234 e. The molecule has 148 valence electrons. The molecule has 1 aromatic rings. The molecular weight excluding hydrogens is 356 g/mol. The van der Waals surface area contributed by atoms with Gasteiger partial charge in [-0.15, -0.1) is 0 Å². The second-order valence-electron chi connectivity index (χ2n) is 8.29. The molecule has 2 fully saturated rings. The van der Waals surface area contributed by atoms with E-state index in [-0.39, 0.29) is 35.5 Å². The molecule has 2 aliphatic heterocycles. The summed E-state index contributed by atoms with van der Waals surface area (Å²) in [4.78, 5) is 49.2. The summed E-state index contributed by atoms with van der Waals surface area (Å²) in [5, 5.41) is 2.42. The number of carbonyl (C=O) groups is 4. The van der Waals surface area contributed by atoms with Gasteiger partial charge in [0, 0.05) is 31.3 Å². The minimum Gasteiger partial charge on any atom is -0.338 e. The predicted octanol–water partition coefficient (Wildman–Crippen LogP) is 2.10. The first-order chi connectivity index (χ1) is 13.5. The number of piperidine rings is 1. The van der Waals surface area contributed by atoms with E-state index in [0.29, 0.717) is 25.9 Å². The second kappa shape index (κ2) is 7.86. The van der Waals surface area contributed by atoms with E-state index in [2.05, 4.69) is 11.4 Å². The SMILES string of the molecule is O=CC1CCC(C(=O)N2CCc3cc(C4CCC(=O)NC4=O)ccc3C2)CC1. The molecule has 4 rings (SSSR count). The van der Waals surface area contributed by atoms with Crippen molar-refractivity contribution >= 4 is 24.0 Å². The van der Waals surface area contributed by atoms with Gasteiger partial charge in [-0.1, -0.05) is 18.2 Å².